The van der Waals surface area contributed by atoms with Gasteiger partial charge < -0.3 is 0 Å². The number of aromatic nitrogens is 3. The number of Topliss-reactive ketones (excluding diaryl/α,β-unsaturated/α-hetero) is 1. The minimum Gasteiger partial charge on any atom is -0.300 e. The molecular formula is C19H15N5O4. The Balaban J connectivity index is 1.76. The number of para-hydroxylation sites is 1. The number of nitrogens with zero attached hydrogens (tertiary/aromatic N) is 5. The van der Waals surface area contributed by atoms with Gasteiger partial charge in [-0.15, -0.1) is 5.10 Å². The van der Waals surface area contributed by atoms with Crippen molar-refractivity contribution in [3.63, 3.8) is 0 Å². The van der Waals surface area contributed by atoms with Crippen LogP contribution in [-0.2, 0) is 4.79 Å². The van der Waals surface area contributed by atoms with E-state index >= 15 is 0 Å². The van der Waals surface area contributed by atoms with E-state index in [0.29, 0.717) is 11.0 Å². The molecule has 28 heavy (non-hydrogen) atoms. The van der Waals surface area contributed by atoms with Crippen LogP contribution in [0.25, 0.3) is 11.0 Å². The molecule has 0 radical (unpaired) electrons. The van der Waals surface area contributed by atoms with E-state index in [1.807, 2.05) is 0 Å². The SMILES string of the molecule is CC(=O)CCN(C(=O)n1nnc2ccccc21)N1C(=O)c2ccccc2C1=O. The summed E-state index contributed by atoms with van der Waals surface area (Å²) in [5.74, 6) is -1.43. The van der Waals surface area contributed by atoms with Crippen LogP contribution in [0.15, 0.2) is 48.5 Å². The first kappa shape index (κ1) is 17.5. The highest BCUT2D eigenvalue weighted by molar-refractivity contribution is 6.21. The largest absolute Gasteiger partial charge is 0.365 e. The molecule has 0 N–H and O–H groups in total. The molecule has 0 atom stereocenters. The van der Waals surface area contributed by atoms with Crippen molar-refractivity contribution >= 4 is 34.7 Å². The first-order valence-electron chi connectivity index (χ1n) is 8.58. The Morgan fingerprint density at radius 3 is 2.21 bits per heavy atom. The zero-order valence-corrected chi connectivity index (χ0v) is 14.9. The van der Waals surface area contributed by atoms with Crippen LogP contribution in [0.5, 0.6) is 0 Å². The summed E-state index contributed by atoms with van der Waals surface area (Å²) in [6, 6.07) is 12.4. The van der Waals surface area contributed by atoms with Gasteiger partial charge in [-0.3, -0.25) is 14.4 Å². The van der Waals surface area contributed by atoms with Crippen LogP contribution < -0.4 is 0 Å². The lowest BCUT2D eigenvalue weighted by Gasteiger charge is -2.29. The molecule has 0 spiro atoms. The first-order chi connectivity index (χ1) is 13.5. The molecular weight excluding hydrogens is 362 g/mol. The van der Waals surface area contributed by atoms with Crippen LogP contribution in [0.4, 0.5) is 4.79 Å². The number of carbonyl (C=O) groups is 4. The van der Waals surface area contributed by atoms with Crippen LogP contribution in [0, 0.1) is 0 Å². The van der Waals surface area contributed by atoms with E-state index in [9.17, 15) is 19.2 Å². The van der Waals surface area contributed by atoms with E-state index in [1.54, 1.807) is 36.4 Å². The van der Waals surface area contributed by atoms with Gasteiger partial charge in [0, 0.05) is 6.42 Å². The molecule has 2 heterocycles. The van der Waals surface area contributed by atoms with Gasteiger partial charge in [-0.25, -0.2) is 9.80 Å². The second kappa shape index (κ2) is 6.69. The maximum Gasteiger partial charge on any atom is 0.365 e. The molecule has 9 heteroatoms. The Bertz CT molecular complexity index is 1100. The molecule has 0 fully saturated rings. The average Bonchev–Trinajstić information content (AvgIpc) is 3.23. The summed E-state index contributed by atoms with van der Waals surface area (Å²) in [4.78, 5) is 50.3. The lowest BCUT2D eigenvalue weighted by Crippen LogP contribution is -2.52. The summed E-state index contributed by atoms with van der Waals surface area (Å²) >= 11 is 0. The standard InChI is InChI=1S/C19H15N5O4/c1-12(25)10-11-22(19(28)23-16-9-5-4-8-15(16)20-21-23)24-17(26)13-6-2-3-7-14(13)18(24)27/h2-9H,10-11H2,1H3. The van der Waals surface area contributed by atoms with Gasteiger partial charge in [-0.1, -0.05) is 29.5 Å². The average molecular weight is 377 g/mol. The Hall–Kier alpha value is -3.88. The van der Waals surface area contributed by atoms with Crippen LogP contribution in [0.3, 0.4) is 0 Å². The smallest absolute Gasteiger partial charge is 0.300 e. The van der Waals surface area contributed by atoms with Crippen LogP contribution in [-0.4, -0.2) is 55.2 Å². The van der Waals surface area contributed by atoms with Crippen molar-refractivity contribution in [2.75, 3.05) is 6.54 Å². The van der Waals surface area contributed by atoms with E-state index < -0.39 is 17.8 Å². The number of rotatable bonds is 4. The third-order valence-electron chi connectivity index (χ3n) is 4.44. The van der Waals surface area contributed by atoms with Crippen molar-refractivity contribution in [2.24, 2.45) is 0 Å². The third kappa shape index (κ3) is 2.73. The number of ketones is 1. The minimum atomic E-state index is -0.746. The quantitative estimate of drug-likeness (QED) is 0.643. The second-order valence-electron chi connectivity index (χ2n) is 6.32. The molecule has 140 valence electrons. The van der Waals surface area contributed by atoms with Gasteiger partial charge >= 0.3 is 6.03 Å². The van der Waals surface area contributed by atoms with E-state index in [0.717, 1.165) is 14.7 Å². The summed E-state index contributed by atoms with van der Waals surface area (Å²) in [6.07, 6.45) is -0.0220. The molecule has 0 saturated carbocycles. The van der Waals surface area contributed by atoms with Crippen molar-refractivity contribution < 1.29 is 19.2 Å². The number of benzene rings is 2. The van der Waals surface area contributed by atoms with Crippen LogP contribution >= 0.6 is 0 Å². The maximum atomic E-state index is 13.2. The van der Waals surface area contributed by atoms with Crippen molar-refractivity contribution in [1.29, 1.82) is 0 Å². The number of hydrazine groups is 1. The fourth-order valence-corrected chi connectivity index (χ4v) is 3.06. The van der Waals surface area contributed by atoms with Gasteiger partial charge in [0.25, 0.3) is 11.8 Å². The summed E-state index contributed by atoms with van der Waals surface area (Å²) in [6.45, 7) is 1.23. The summed E-state index contributed by atoms with van der Waals surface area (Å²) in [7, 11) is 0. The molecule has 1 aromatic heterocycles. The van der Waals surface area contributed by atoms with E-state index in [-0.39, 0.29) is 29.9 Å². The molecule has 3 amide bonds. The van der Waals surface area contributed by atoms with Crippen molar-refractivity contribution in [2.45, 2.75) is 13.3 Å². The fourth-order valence-electron chi connectivity index (χ4n) is 3.06. The van der Waals surface area contributed by atoms with Crippen LogP contribution in [0.1, 0.15) is 34.1 Å². The number of imide groups is 1. The molecule has 9 nitrogen and oxygen atoms in total. The zero-order chi connectivity index (χ0) is 19.8. The van der Waals surface area contributed by atoms with Gasteiger partial charge in [0.05, 0.1) is 23.2 Å². The van der Waals surface area contributed by atoms with Crippen molar-refractivity contribution in [3.05, 3.63) is 59.7 Å². The summed E-state index contributed by atoms with van der Waals surface area (Å²) < 4.78 is 1.01. The van der Waals surface area contributed by atoms with E-state index in [1.165, 1.54) is 19.1 Å². The monoisotopic (exact) mass is 377 g/mol. The molecule has 0 unspecified atom stereocenters. The Morgan fingerprint density at radius 2 is 1.57 bits per heavy atom. The molecule has 1 aliphatic rings. The van der Waals surface area contributed by atoms with Gasteiger partial charge in [-0.2, -0.15) is 9.69 Å². The number of hydrogen-bond donors (Lipinski definition) is 0. The Labute approximate surface area is 159 Å². The van der Waals surface area contributed by atoms with Gasteiger partial charge in [0.2, 0.25) is 0 Å². The third-order valence-corrected chi connectivity index (χ3v) is 4.44. The number of amides is 3. The van der Waals surface area contributed by atoms with E-state index in [4.69, 9.17) is 0 Å². The number of fused-ring (bicyclic) bond motifs is 2. The zero-order valence-electron chi connectivity index (χ0n) is 14.9. The first-order valence-corrected chi connectivity index (χ1v) is 8.58. The topological polar surface area (TPSA) is 105 Å². The summed E-state index contributed by atoms with van der Waals surface area (Å²) in [5, 5.41) is 9.51. The molecule has 1 aliphatic heterocycles. The molecule has 4 rings (SSSR count). The van der Waals surface area contributed by atoms with Crippen molar-refractivity contribution in [1.82, 2.24) is 25.0 Å². The summed E-state index contributed by atoms with van der Waals surface area (Å²) in [5.41, 5.74) is 1.33. The van der Waals surface area contributed by atoms with Crippen molar-refractivity contribution in [3.8, 4) is 0 Å². The normalized spacial score (nSPS) is 13.1. The fraction of sp³-hybridized carbons (Fsp3) is 0.158. The minimum absolute atomic E-state index is 0.0220. The predicted molar refractivity (Wildman–Crippen MR) is 97.3 cm³/mol. The molecule has 0 bridgehead atoms. The lowest BCUT2D eigenvalue weighted by atomic mass is 10.1. The predicted octanol–water partition coefficient (Wildman–Crippen LogP) is 1.89. The molecule has 2 aromatic carbocycles. The second-order valence-corrected chi connectivity index (χ2v) is 6.32. The van der Waals surface area contributed by atoms with Crippen LogP contribution in [0.2, 0.25) is 0 Å². The Kier molecular flexibility index (Phi) is 4.19. The highest BCUT2D eigenvalue weighted by Crippen LogP contribution is 2.25. The highest BCUT2D eigenvalue weighted by atomic mass is 16.2. The van der Waals surface area contributed by atoms with Gasteiger partial charge in [-0.05, 0) is 31.2 Å². The number of hydrogen-bond acceptors (Lipinski definition) is 6. The lowest BCUT2D eigenvalue weighted by molar-refractivity contribution is -0.117. The van der Waals surface area contributed by atoms with Gasteiger partial charge in [0.15, 0.2) is 0 Å². The maximum absolute atomic E-state index is 13.2. The highest BCUT2D eigenvalue weighted by Gasteiger charge is 2.42. The van der Waals surface area contributed by atoms with E-state index in [2.05, 4.69) is 10.3 Å². The molecule has 3 aromatic rings. The molecule has 0 saturated heterocycles. The Morgan fingerprint density at radius 1 is 0.964 bits per heavy atom. The van der Waals surface area contributed by atoms with Gasteiger partial charge in [0.1, 0.15) is 11.3 Å². The number of carbonyl (C=O) groups excluding carboxylic acids is 4. The molecule has 0 aliphatic carbocycles.